The fourth-order valence-electron chi connectivity index (χ4n) is 2.91. The van der Waals surface area contributed by atoms with Crippen molar-refractivity contribution in [1.29, 1.82) is 0 Å². The van der Waals surface area contributed by atoms with Crippen molar-refractivity contribution in [2.24, 2.45) is 12.5 Å². The number of nitrogens with one attached hydrogen (secondary N) is 1. The Morgan fingerprint density at radius 2 is 2.26 bits per heavy atom. The molecule has 0 aliphatic heterocycles. The molecule has 0 bridgehead atoms. The number of ether oxygens (including phenoxy) is 1. The molecule has 108 valence electrons. The van der Waals surface area contributed by atoms with E-state index in [1.165, 1.54) is 30.7 Å². The lowest BCUT2D eigenvalue weighted by molar-refractivity contribution is 0.120. The van der Waals surface area contributed by atoms with Crippen LogP contribution in [0.25, 0.3) is 0 Å². The number of methoxy groups -OCH3 is 1. The Balaban J connectivity index is 1.92. The van der Waals surface area contributed by atoms with Crippen LogP contribution in [0.1, 0.15) is 37.6 Å². The van der Waals surface area contributed by atoms with Crippen molar-refractivity contribution in [1.82, 2.24) is 15.1 Å². The van der Waals surface area contributed by atoms with Gasteiger partial charge in [0.15, 0.2) is 0 Å². The summed E-state index contributed by atoms with van der Waals surface area (Å²) >= 11 is 0. The summed E-state index contributed by atoms with van der Waals surface area (Å²) in [7, 11) is 3.82. The van der Waals surface area contributed by atoms with Gasteiger partial charge in [-0.05, 0) is 37.2 Å². The van der Waals surface area contributed by atoms with Gasteiger partial charge in [0.2, 0.25) is 0 Å². The summed E-state index contributed by atoms with van der Waals surface area (Å²) in [6.07, 6.45) is 6.20. The molecule has 0 radical (unpaired) electrons. The first-order valence-corrected chi connectivity index (χ1v) is 7.40. The fraction of sp³-hybridized carbons (Fsp3) is 0.800. The predicted molar refractivity (Wildman–Crippen MR) is 77.3 cm³/mol. The highest BCUT2D eigenvalue weighted by atomic mass is 16.5. The molecule has 0 amide bonds. The summed E-state index contributed by atoms with van der Waals surface area (Å²) < 4.78 is 7.15. The Morgan fingerprint density at radius 1 is 1.47 bits per heavy atom. The quantitative estimate of drug-likeness (QED) is 0.730. The van der Waals surface area contributed by atoms with Gasteiger partial charge < -0.3 is 10.1 Å². The molecule has 19 heavy (non-hydrogen) atoms. The summed E-state index contributed by atoms with van der Waals surface area (Å²) in [6.45, 7) is 5.01. The molecule has 1 saturated carbocycles. The average molecular weight is 265 g/mol. The second-order valence-electron chi connectivity index (χ2n) is 5.80. The van der Waals surface area contributed by atoms with Crippen LogP contribution >= 0.6 is 0 Å². The Bertz CT molecular complexity index is 396. The minimum atomic E-state index is 0.451. The van der Waals surface area contributed by atoms with E-state index in [-0.39, 0.29) is 0 Å². The zero-order valence-corrected chi connectivity index (χ0v) is 12.5. The van der Waals surface area contributed by atoms with Crippen LogP contribution in [-0.2, 0) is 24.6 Å². The summed E-state index contributed by atoms with van der Waals surface area (Å²) in [4.78, 5) is 0. The fourth-order valence-corrected chi connectivity index (χ4v) is 2.91. The molecule has 0 unspecified atom stereocenters. The van der Waals surface area contributed by atoms with Gasteiger partial charge in [-0.3, -0.25) is 4.68 Å². The second-order valence-corrected chi connectivity index (χ2v) is 5.80. The standard InChI is InChI=1S/C15H27N3O/c1-4-13-10-14(18(2)17-13)11-15(6-5-7-15)12-16-8-9-19-3/h10,16H,4-9,11-12H2,1-3H3. The average Bonchev–Trinajstić information content (AvgIpc) is 2.72. The summed E-state index contributed by atoms with van der Waals surface area (Å²) in [6, 6.07) is 2.27. The lowest BCUT2D eigenvalue weighted by Crippen LogP contribution is -2.42. The summed E-state index contributed by atoms with van der Waals surface area (Å²) in [5.74, 6) is 0. The van der Waals surface area contributed by atoms with Crippen LogP contribution in [0.3, 0.4) is 0 Å². The highest BCUT2D eigenvalue weighted by Crippen LogP contribution is 2.43. The summed E-state index contributed by atoms with van der Waals surface area (Å²) in [5, 5.41) is 8.09. The number of aromatic nitrogens is 2. The van der Waals surface area contributed by atoms with Gasteiger partial charge in [0, 0.05) is 32.9 Å². The van der Waals surface area contributed by atoms with Gasteiger partial charge in [0.05, 0.1) is 12.3 Å². The largest absolute Gasteiger partial charge is 0.383 e. The molecule has 1 aromatic rings. The zero-order chi connectivity index (χ0) is 13.7. The van der Waals surface area contributed by atoms with Crippen molar-refractivity contribution in [3.05, 3.63) is 17.5 Å². The number of nitrogens with zero attached hydrogens (tertiary/aromatic N) is 2. The zero-order valence-electron chi connectivity index (χ0n) is 12.5. The number of hydrogen-bond acceptors (Lipinski definition) is 3. The van der Waals surface area contributed by atoms with E-state index in [2.05, 4.69) is 35.1 Å². The van der Waals surface area contributed by atoms with Crippen LogP contribution < -0.4 is 5.32 Å². The van der Waals surface area contributed by atoms with Crippen molar-refractivity contribution >= 4 is 0 Å². The van der Waals surface area contributed by atoms with Crippen molar-refractivity contribution in [3.63, 3.8) is 0 Å². The third kappa shape index (κ3) is 3.57. The number of rotatable bonds is 8. The van der Waals surface area contributed by atoms with Crippen LogP contribution in [0.5, 0.6) is 0 Å². The van der Waals surface area contributed by atoms with Crippen LogP contribution in [0.4, 0.5) is 0 Å². The molecule has 1 heterocycles. The van der Waals surface area contributed by atoms with Gasteiger partial charge in [-0.25, -0.2) is 0 Å². The van der Waals surface area contributed by atoms with E-state index < -0.39 is 0 Å². The predicted octanol–water partition coefficient (Wildman–Crippen LogP) is 1.93. The van der Waals surface area contributed by atoms with Gasteiger partial charge in [-0.15, -0.1) is 0 Å². The van der Waals surface area contributed by atoms with E-state index in [1.54, 1.807) is 7.11 Å². The molecule has 1 aromatic heterocycles. The minimum absolute atomic E-state index is 0.451. The number of hydrogen-bond donors (Lipinski definition) is 1. The van der Waals surface area contributed by atoms with E-state index in [1.807, 2.05) is 0 Å². The third-order valence-electron chi connectivity index (χ3n) is 4.34. The molecule has 0 saturated heterocycles. The van der Waals surface area contributed by atoms with Crippen LogP contribution in [0.2, 0.25) is 0 Å². The van der Waals surface area contributed by atoms with Crippen LogP contribution in [-0.4, -0.2) is 36.6 Å². The molecule has 4 nitrogen and oxygen atoms in total. The maximum absolute atomic E-state index is 5.09. The SMILES string of the molecule is CCc1cc(CC2(CNCCOC)CCC2)n(C)n1. The van der Waals surface area contributed by atoms with E-state index in [0.717, 1.165) is 32.5 Å². The summed E-state index contributed by atoms with van der Waals surface area (Å²) in [5.41, 5.74) is 3.04. The minimum Gasteiger partial charge on any atom is -0.383 e. The van der Waals surface area contributed by atoms with E-state index in [0.29, 0.717) is 5.41 Å². The van der Waals surface area contributed by atoms with Crippen LogP contribution in [0.15, 0.2) is 6.07 Å². The van der Waals surface area contributed by atoms with Crippen molar-refractivity contribution in [3.8, 4) is 0 Å². The molecule has 1 N–H and O–H groups in total. The molecule has 0 aromatic carbocycles. The van der Waals surface area contributed by atoms with Gasteiger partial charge >= 0.3 is 0 Å². The molecule has 0 atom stereocenters. The maximum Gasteiger partial charge on any atom is 0.0624 e. The third-order valence-corrected chi connectivity index (χ3v) is 4.34. The smallest absolute Gasteiger partial charge is 0.0624 e. The topological polar surface area (TPSA) is 39.1 Å². The molecule has 1 fully saturated rings. The Morgan fingerprint density at radius 3 is 2.79 bits per heavy atom. The molecule has 1 aliphatic rings. The van der Waals surface area contributed by atoms with Crippen molar-refractivity contribution in [2.45, 2.75) is 39.0 Å². The Labute approximate surface area is 116 Å². The van der Waals surface area contributed by atoms with Gasteiger partial charge in [-0.2, -0.15) is 5.10 Å². The second kappa shape index (κ2) is 6.53. The molecular weight excluding hydrogens is 238 g/mol. The molecule has 4 heteroatoms. The van der Waals surface area contributed by atoms with Crippen molar-refractivity contribution < 1.29 is 4.74 Å². The number of aryl methyl sites for hydroxylation is 2. The van der Waals surface area contributed by atoms with Gasteiger partial charge in [-0.1, -0.05) is 13.3 Å². The maximum atomic E-state index is 5.09. The van der Waals surface area contributed by atoms with Crippen molar-refractivity contribution in [2.75, 3.05) is 26.8 Å². The highest BCUT2D eigenvalue weighted by molar-refractivity contribution is 5.13. The van der Waals surface area contributed by atoms with E-state index in [4.69, 9.17) is 4.74 Å². The van der Waals surface area contributed by atoms with Gasteiger partial charge in [0.1, 0.15) is 0 Å². The Hall–Kier alpha value is -0.870. The molecular formula is C15H27N3O. The highest BCUT2D eigenvalue weighted by Gasteiger charge is 2.37. The molecule has 2 rings (SSSR count). The van der Waals surface area contributed by atoms with E-state index >= 15 is 0 Å². The van der Waals surface area contributed by atoms with Crippen LogP contribution in [0, 0.1) is 5.41 Å². The first-order chi connectivity index (χ1) is 9.19. The molecule has 1 aliphatic carbocycles. The first kappa shape index (κ1) is 14.5. The monoisotopic (exact) mass is 265 g/mol. The molecule has 0 spiro atoms. The Kier molecular flexibility index (Phi) is 4.99. The van der Waals surface area contributed by atoms with Gasteiger partial charge in [0.25, 0.3) is 0 Å². The first-order valence-electron chi connectivity index (χ1n) is 7.40. The van der Waals surface area contributed by atoms with E-state index in [9.17, 15) is 0 Å². The normalized spacial score (nSPS) is 17.4. The lowest BCUT2D eigenvalue weighted by atomic mass is 9.66. The lowest BCUT2D eigenvalue weighted by Gasteiger charge is -2.42.